The molecule has 11 nitrogen and oxygen atoms in total. The van der Waals surface area contributed by atoms with E-state index in [0.717, 1.165) is 18.4 Å². The minimum absolute atomic E-state index is 0.0862. The third-order valence-corrected chi connectivity index (χ3v) is 8.44. The Bertz CT molecular complexity index is 1880. The number of carbonyl (C=O) groups excluding carboxylic acids is 1. The zero-order valence-corrected chi connectivity index (χ0v) is 26.8. The van der Waals surface area contributed by atoms with Crippen molar-refractivity contribution >= 4 is 51.1 Å². The van der Waals surface area contributed by atoms with Crippen LogP contribution in [0.15, 0.2) is 78.0 Å². The number of allylic oxidation sites excluding steroid dienone is 3. The van der Waals surface area contributed by atoms with Gasteiger partial charge in [-0.25, -0.2) is 24.3 Å². The van der Waals surface area contributed by atoms with Gasteiger partial charge in [0.15, 0.2) is 17.4 Å². The number of anilines is 2. The molecule has 0 aliphatic carbocycles. The Morgan fingerprint density at radius 1 is 1.13 bits per heavy atom. The molecule has 2 aromatic carbocycles. The molecule has 4 heterocycles. The van der Waals surface area contributed by atoms with Crippen molar-refractivity contribution in [3.05, 3.63) is 84.6 Å². The maximum absolute atomic E-state index is 15.4. The highest BCUT2D eigenvalue weighted by Crippen LogP contribution is 2.37. The van der Waals surface area contributed by atoms with E-state index >= 15 is 4.39 Å². The number of amides is 1. The number of aromatic nitrogens is 3. The fraction of sp³-hybridized carbons (Fsp3) is 0.265. The van der Waals surface area contributed by atoms with Crippen LogP contribution >= 0.6 is 11.3 Å². The number of rotatable bonds is 9. The monoisotopic (exact) mass is 656 g/mol. The van der Waals surface area contributed by atoms with E-state index in [-0.39, 0.29) is 17.7 Å². The van der Waals surface area contributed by atoms with Crippen LogP contribution in [0.4, 0.5) is 15.9 Å². The largest absolute Gasteiger partial charge is 0.493 e. The number of methoxy groups -OCH3 is 2. The molecule has 0 bridgehead atoms. The van der Waals surface area contributed by atoms with E-state index < -0.39 is 5.82 Å². The Morgan fingerprint density at radius 3 is 2.74 bits per heavy atom. The van der Waals surface area contributed by atoms with Gasteiger partial charge in [0.2, 0.25) is 5.91 Å². The van der Waals surface area contributed by atoms with Crippen molar-refractivity contribution in [3.63, 3.8) is 0 Å². The first-order valence-electron chi connectivity index (χ1n) is 15.0. The first-order valence-corrected chi connectivity index (χ1v) is 15.9. The zero-order chi connectivity index (χ0) is 32.8. The Morgan fingerprint density at radius 2 is 1.98 bits per heavy atom. The summed E-state index contributed by atoms with van der Waals surface area (Å²) in [6, 6.07) is 8.07. The molecule has 0 atom stereocenters. The molecule has 242 valence electrons. The van der Waals surface area contributed by atoms with Gasteiger partial charge in [0, 0.05) is 67.0 Å². The molecule has 13 heteroatoms. The summed E-state index contributed by atoms with van der Waals surface area (Å²) in [7, 11) is 3.16. The van der Waals surface area contributed by atoms with E-state index in [9.17, 15) is 4.79 Å². The van der Waals surface area contributed by atoms with Crippen molar-refractivity contribution in [2.24, 2.45) is 4.99 Å². The second kappa shape index (κ2) is 14.4. The number of likely N-dealkylation sites (tertiary alicyclic amines) is 1. The summed E-state index contributed by atoms with van der Waals surface area (Å²) in [4.78, 5) is 31.4. The maximum Gasteiger partial charge on any atom is 0.279 e. The van der Waals surface area contributed by atoms with E-state index in [1.165, 1.54) is 29.8 Å². The number of nitrogens with zero attached hydrogens (tertiary/aromatic N) is 5. The SMILES string of the molecule is C=CC(=O)N1CCC(Oc2cc3c(Nc4ccc(Oc5nc(C6=C/N=C(/OC)CC/C=C\6)cs5)cc4F)ncnc3cc2OC)CC1. The molecule has 1 N–H and O–H groups in total. The van der Waals surface area contributed by atoms with Gasteiger partial charge >= 0.3 is 0 Å². The van der Waals surface area contributed by atoms with Gasteiger partial charge in [-0.15, -0.1) is 0 Å². The quantitative estimate of drug-likeness (QED) is 0.189. The van der Waals surface area contributed by atoms with Crippen LogP contribution in [0.25, 0.3) is 16.5 Å². The van der Waals surface area contributed by atoms with Crippen LogP contribution in [0, 0.1) is 5.82 Å². The summed E-state index contributed by atoms with van der Waals surface area (Å²) in [5.41, 5.74) is 2.32. The number of thiazole rings is 1. The van der Waals surface area contributed by atoms with Crippen molar-refractivity contribution in [2.75, 3.05) is 32.6 Å². The van der Waals surface area contributed by atoms with Crippen LogP contribution in [-0.4, -0.2) is 65.1 Å². The summed E-state index contributed by atoms with van der Waals surface area (Å²) in [6.07, 6.45) is 11.2. The standard InChI is InChI=1S/C34H33FN6O5S/c1-4-32(42)41-13-11-22(12-14-41)45-30-16-24-27(17-29(30)43-2)37-20-38-33(24)39-26-10-9-23(15-25(26)35)46-34-40-28(19-47-34)21-7-5-6-8-31(44-3)36-18-21/h4-5,7,9-10,15-20,22H,1,6,8,11-14H2,2-3H3,(H,37,38,39)/b7-5-,21-18+,36-31+. The third kappa shape index (κ3) is 7.41. The molecule has 2 aliphatic heterocycles. The summed E-state index contributed by atoms with van der Waals surface area (Å²) in [6.45, 7) is 4.71. The number of nitrogens with one attached hydrogen (secondary N) is 1. The van der Waals surface area contributed by atoms with E-state index in [4.69, 9.17) is 18.9 Å². The fourth-order valence-corrected chi connectivity index (χ4v) is 5.91. The number of benzene rings is 2. The summed E-state index contributed by atoms with van der Waals surface area (Å²) in [5.74, 6) is 1.74. The van der Waals surface area contributed by atoms with Crippen LogP contribution in [0.3, 0.4) is 0 Å². The second-order valence-corrected chi connectivity index (χ2v) is 11.5. The second-order valence-electron chi connectivity index (χ2n) is 10.7. The fourth-order valence-electron chi connectivity index (χ4n) is 5.22. The number of piperidine rings is 1. The third-order valence-electron chi connectivity index (χ3n) is 7.73. The molecule has 0 radical (unpaired) electrons. The number of hydrogen-bond acceptors (Lipinski definition) is 11. The van der Waals surface area contributed by atoms with Crippen molar-refractivity contribution < 1.29 is 28.1 Å². The molecule has 2 aromatic heterocycles. The van der Waals surface area contributed by atoms with Crippen LogP contribution in [-0.2, 0) is 9.53 Å². The molecule has 0 spiro atoms. The predicted octanol–water partition coefficient (Wildman–Crippen LogP) is 7.06. The van der Waals surface area contributed by atoms with Gasteiger partial charge < -0.3 is 29.2 Å². The van der Waals surface area contributed by atoms with Gasteiger partial charge in [0.1, 0.15) is 29.8 Å². The molecule has 47 heavy (non-hydrogen) atoms. The summed E-state index contributed by atoms with van der Waals surface area (Å²) >= 11 is 1.30. The van der Waals surface area contributed by atoms with Crippen molar-refractivity contribution in [3.8, 4) is 22.4 Å². The van der Waals surface area contributed by atoms with Gasteiger partial charge in [-0.05, 0) is 30.7 Å². The maximum atomic E-state index is 15.4. The van der Waals surface area contributed by atoms with Crippen molar-refractivity contribution in [2.45, 2.75) is 31.8 Å². The Balaban J connectivity index is 1.17. The average molecular weight is 657 g/mol. The number of halogens is 1. The van der Waals surface area contributed by atoms with Crippen molar-refractivity contribution in [1.82, 2.24) is 19.9 Å². The first-order chi connectivity index (χ1) is 22.9. The highest BCUT2D eigenvalue weighted by atomic mass is 32.1. The Hall–Kier alpha value is -5.30. The number of hydrogen-bond donors (Lipinski definition) is 1. The van der Waals surface area contributed by atoms with Gasteiger partial charge in [0.05, 0.1) is 31.1 Å². The normalized spacial score (nSPS) is 18.1. The Kier molecular flexibility index (Phi) is 9.72. The minimum atomic E-state index is -0.538. The van der Waals surface area contributed by atoms with Crippen LogP contribution in [0.5, 0.6) is 22.4 Å². The molecular weight excluding hydrogens is 623 g/mol. The predicted molar refractivity (Wildman–Crippen MR) is 179 cm³/mol. The lowest BCUT2D eigenvalue weighted by Crippen LogP contribution is -2.41. The molecule has 1 amide bonds. The Labute approximate surface area is 275 Å². The molecule has 0 saturated carbocycles. The van der Waals surface area contributed by atoms with Crippen molar-refractivity contribution in [1.29, 1.82) is 0 Å². The van der Waals surface area contributed by atoms with Gasteiger partial charge in [-0.1, -0.05) is 30.1 Å². The van der Waals surface area contributed by atoms with Crippen LogP contribution < -0.4 is 19.5 Å². The van der Waals surface area contributed by atoms with Crippen LogP contribution in [0.1, 0.15) is 31.4 Å². The molecule has 4 aromatic rings. The zero-order valence-electron chi connectivity index (χ0n) is 25.9. The van der Waals surface area contributed by atoms with E-state index in [0.29, 0.717) is 76.7 Å². The molecular formula is C34H33FN6O5S. The molecule has 6 rings (SSSR count). The minimum Gasteiger partial charge on any atom is -0.493 e. The summed E-state index contributed by atoms with van der Waals surface area (Å²) < 4.78 is 38.5. The molecule has 2 aliphatic rings. The lowest BCUT2D eigenvalue weighted by atomic mass is 10.1. The van der Waals surface area contributed by atoms with Gasteiger partial charge in [-0.2, -0.15) is 0 Å². The molecule has 1 saturated heterocycles. The van der Waals surface area contributed by atoms with Gasteiger partial charge in [-0.3, -0.25) is 4.79 Å². The smallest absolute Gasteiger partial charge is 0.279 e. The number of ether oxygens (including phenoxy) is 4. The lowest BCUT2D eigenvalue weighted by Gasteiger charge is -2.31. The molecule has 1 fully saturated rings. The van der Waals surface area contributed by atoms with Crippen LogP contribution in [0.2, 0.25) is 0 Å². The lowest BCUT2D eigenvalue weighted by molar-refractivity contribution is -0.127. The van der Waals surface area contributed by atoms with E-state index in [2.05, 4.69) is 31.8 Å². The number of carbonyl (C=O) groups is 1. The molecule has 0 unspecified atom stereocenters. The van der Waals surface area contributed by atoms with E-state index in [1.807, 2.05) is 17.5 Å². The van der Waals surface area contributed by atoms with Gasteiger partial charge in [0.25, 0.3) is 5.19 Å². The topological polar surface area (TPSA) is 120 Å². The first kappa shape index (κ1) is 31.7. The number of fused-ring (bicyclic) bond motifs is 1. The number of aliphatic imine (C=N–C) groups is 1. The van der Waals surface area contributed by atoms with E-state index in [1.54, 1.807) is 49.6 Å². The highest BCUT2D eigenvalue weighted by Gasteiger charge is 2.24. The average Bonchev–Trinajstić information content (AvgIpc) is 3.54. The summed E-state index contributed by atoms with van der Waals surface area (Å²) in [5, 5.41) is 5.94. The highest BCUT2D eigenvalue weighted by molar-refractivity contribution is 7.11.